The molecule has 2 aliphatic heterocycles. The number of aromatic nitrogens is 2. The van der Waals surface area contributed by atoms with Gasteiger partial charge in [-0.25, -0.2) is 19.4 Å². The second-order valence-corrected chi connectivity index (χ2v) is 8.53. The molecular formula is C24H22FN5O2. The maximum absolute atomic E-state index is 14.4. The molecule has 1 amide bonds. The summed E-state index contributed by atoms with van der Waals surface area (Å²) in [6.07, 6.45) is 5.36. The van der Waals surface area contributed by atoms with Crippen LogP contribution in [0.3, 0.4) is 0 Å². The summed E-state index contributed by atoms with van der Waals surface area (Å²) in [7, 11) is 1.61. The molecule has 32 heavy (non-hydrogen) atoms. The van der Waals surface area contributed by atoms with Crippen LogP contribution in [0.1, 0.15) is 24.5 Å². The number of rotatable bonds is 3. The van der Waals surface area contributed by atoms with E-state index >= 15 is 0 Å². The molecule has 0 fully saturated rings. The van der Waals surface area contributed by atoms with Gasteiger partial charge in [-0.1, -0.05) is 24.3 Å². The third-order valence-corrected chi connectivity index (χ3v) is 6.13. The number of carbonyl (C=O) groups excluding carboxylic acids is 1. The van der Waals surface area contributed by atoms with Crippen LogP contribution in [0.2, 0.25) is 0 Å². The molecule has 1 aromatic heterocycles. The monoisotopic (exact) mass is 431 g/mol. The van der Waals surface area contributed by atoms with Crippen LogP contribution in [0.4, 0.5) is 4.39 Å². The van der Waals surface area contributed by atoms with E-state index in [0.29, 0.717) is 16.9 Å². The number of halogens is 1. The highest BCUT2D eigenvalue weighted by Crippen LogP contribution is 2.50. The first-order valence-electron chi connectivity index (χ1n) is 10.3. The molecule has 2 aromatic carbocycles. The van der Waals surface area contributed by atoms with Crippen molar-refractivity contribution in [2.24, 2.45) is 10.7 Å². The molecule has 0 radical (unpaired) electrons. The van der Waals surface area contributed by atoms with Gasteiger partial charge in [0, 0.05) is 43.4 Å². The Morgan fingerprint density at radius 2 is 1.91 bits per heavy atom. The van der Waals surface area contributed by atoms with Crippen LogP contribution in [0.5, 0.6) is 5.75 Å². The topological polar surface area (TPSA) is 93.7 Å². The zero-order valence-corrected chi connectivity index (χ0v) is 17.7. The molecule has 2 N–H and O–H groups in total. The van der Waals surface area contributed by atoms with Crippen LogP contribution < -0.4 is 10.5 Å². The lowest BCUT2D eigenvalue weighted by molar-refractivity contribution is -0.133. The van der Waals surface area contributed by atoms with Gasteiger partial charge in [-0.2, -0.15) is 0 Å². The van der Waals surface area contributed by atoms with Crippen LogP contribution in [0.25, 0.3) is 11.1 Å². The summed E-state index contributed by atoms with van der Waals surface area (Å²) < 4.78 is 20.8. The van der Waals surface area contributed by atoms with Gasteiger partial charge in [0.15, 0.2) is 11.5 Å². The zero-order valence-electron chi connectivity index (χ0n) is 17.7. The Balaban J connectivity index is 1.65. The fraction of sp³-hybridized carbons (Fsp3) is 0.250. The number of amides is 1. The molecule has 0 bridgehead atoms. The van der Waals surface area contributed by atoms with Crippen LogP contribution in [0.15, 0.2) is 66.2 Å². The summed E-state index contributed by atoms with van der Waals surface area (Å²) in [5, 5.41) is 0. The molecule has 0 saturated heterocycles. The third-order valence-electron chi connectivity index (χ3n) is 6.13. The van der Waals surface area contributed by atoms with Gasteiger partial charge >= 0.3 is 0 Å². The smallest absolute Gasteiger partial charge is 0.261 e. The number of benzene rings is 2. The summed E-state index contributed by atoms with van der Waals surface area (Å²) in [5.74, 6) is 0.121. The van der Waals surface area contributed by atoms with Gasteiger partial charge in [0.05, 0.1) is 0 Å². The summed E-state index contributed by atoms with van der Waals surface area (Å²) in [4.78, 5) is 27.6. The number of carbonyl (C=O) groups is 1. The molecule has 7 nitrogen and oxygen atoms in total. The normalized spacial score (nSPS) is 24.3. The minimum atomic E-state index is -1.25. The number of ether oxygens (including phenoxy) is 1. The highest BCUT2D eigenvalue weighted by Gasteiger charge is 2.56. The van der Waals surface area contributed by atoms with Gasteiger partial charge in [0.1, 0.15) is 23.5 Å². The van der Waals surface area contributed by atoms with Gasteiger partial charge in [-0.05, 0) is 36.2 Å². The predicted octanol–water partition coefficient (Wildman–Crippen LogP) is 3.05. The Kier molecular flexibility index (Phi) is 4.47. The standard InChI is InChI=1S/C24H22FN5O2/c1-23(10-16-5-3-4-6-19(16)25)13-24(21(31)30(2)22(26)29-24)18-9-15(7-8-20(18)32-23)17-11-27-14-28-12-17/h3-9,11-12,14H,10,13H2,1-2H3,(H2,26,29). The zero-order chi connectivity index (χ0) is 22.5. The largest absolute Gasteiger partial charge is 0.487 e. The van der Waals surface area contributed by atoms with E-state index in [-0.39, 0.29) is 30.5 Å². The van der Waals surface area contributed by atoms with Crippen molar-refractivity contribution < 1.29 is 13.9 Å². The van der Waals surface area contributed by atoms with Crippen molar-refractivity contribution in [3.63, 3.8) is 0 Å². The number of hydrogen-bond acceptors (Lipinski definition) is 6. The average Bonchev–Trinajstić information content (AvgIpc) is 2.99. The van der Waals surface area contributed by atoms with Gasteiger partial charge in [0.2, 0.25) is 0 Å². The van der Waals surface area contributed by atoms with Crippen molar-refractivity contribution in [3.05, 3.63) is 78.1 Å². The first kappa shape index (κ1) is 20.1. The second-order valence-electron chi connectivity index (χ2n) is 8.53. The number of nitrogens with two attached hydrogens (primary N) is 1. The van der Waals surface area contributed by atoms with Crippen molar-refractivity contribution in [2.75, 3.05) is 7.05 Å². The summed E-state index contributed by atoms with van der Waals surface area (Å²) in [5.41, 5.74) is 6.73. The van der Waals surface area contributed by atoms with E-state index in [4.69, 9.17) is 10.5 Å². The minimum Gasteiger partial charge on any atom is -0.487 e. The minimum absolute atomic E-state index is 0.143. The molecule has 8 heteroatoms. The molecule has 0 saturated carbocycles. The Labute approximate surface area is 184 Å². The van der Waals surface area contributed by atoms with Crippen LogP contribution in [0, 0.1) is 5.82 Å². The van der Waals surface area contributed by atoms with E-state index in [1.807, 2.05) is 25.1 Å². The third kappa shape index (κ3) is 3.10. The number of nitrogens with zero attached hydrogens (tertiary/aromatic N) is 4. The lowest BCUT2D eigenvalue weighted by atomic mass is 9.74. The van der Waals surface area contributed by atoms with Crippen molar-refractivity contribution in [1.29, 1.82) is 0 Å². The number of hydrogen-bond donors (Lipinski definition) is 1. The van der Waals surface area contributed by atoms with Crippen LogP contribution in [-0.2, 0) is 16.8 Å². The number of likely N-dealkylation sites (N-methyl/N-ethyl adjacent to an activating group) is 1. The number of fused-ring (bicyclic) bond motifs is 2. The molecule has 0 aliphatic carbocycles. The molecule has 1 spiro atoms. The van der Waals surface area contributed by atoms with E-state index in [1.54, 1.807) is 37.6 Å². The average molecular weight is 431 g/mol. The molecule has 162 valence electrons. The van der Waals surface area contributed by atoms with Crippen molar-refractivity contribution in [2.45, 2.75) is 30.9 Å². The molecule has 3 aromatic rings. The van der Waals surface area contributed by atoms with E-state index in [1.165, 1.54) is 17.3 Å². The first-order chi connectivity index (χ1) is 15.3. The Bertz CT molecular complexity index is 1250. The lowest BCUT2D eigenvalue weighted by Crippen LogP contribution is -2.51. The molecule has 2 unspecified atom stereocenters. The summed E-state index contributed by atoms with van der Waals surface area (Å²) in [6, 6.07) is 12.2. The second kappa shape index (κ2) is 7.12. The van der Waals surface area contributed by atoms with Crippen LogP contribution >= 0.6 is 0 Å². The highest BCUT2D eigenvalue weighted by molar-refractivity contribution is 6.07. The summed E-state index contributed by atoms with van der Waals surface area (Å²) in [6.45, 7) is 1.88. The first-order valence-corrected chi connectivity index (χ1v) is 10.3. The molecule has 2 aliphatic rings. The van der Waals surface area contributed by atoms with Gasteiger partial charge in [-0.15, -0.1) is 0 Å². The fourth-order valence-corrected chi connectivity index (χ4v) is 4.64. The highest BCUT2D eigenvalue weighted by atomic mass is 19.1. The SMILES string of the molecule is CN1C(=O)C2(CC(C)(Cc3ccccc3F)Oc3ccc(-c4cncnc4)cc32)N=C1N. The summed E-state index contributed by atoms with van der Waals surface area (Å²) >= 11 is 0. The van der Waals surface area contributed by atoms with E-state index in [0.717, 1.165) is 11.1 Å². The maximum Gasteiger partial charge on any atom is 0.261 e. The molecular weight excluding hydrogens is 409 g/mol. The Hall–Kier alpha value is -3.81. The van der Waals surface area contributed by atoms with Gasteiger partial charge in [0.25, 0.3) is 5.91 Å². The van der Waals surface area contributed by atoms with Crippen molar-refractivity contribution in [1.82, 2.24) is 14.9 Å². The van der Waals surface area contributed by atoms with Crippen molar-refractivity contribution >= 4 is 11.9 Å². The Morgan fingerprint density at radius 3 is 2.59 bits per heavy atom. The van der Waals surface area contributed by atoms with Gasteiger partial charge < -0.3 is 10.5 Å². The molecule has 3 heterocycles. The van der Waals surface area contributed by atoms with Crippen LogP contribution in [-0.4, -0.2) is 39.4 Å². The van der Waals surface area contributed by atoms with E-state index in [2.05, 4.69) is 15.0 Å². The predicted molar refractivity (Wildman–Crippen MR) is 117 cm³/mol. The Morgan fingerprint density at radius 1 is 1.16 bits per heavy atom. The van der Waals surface area contributed by atoms with E-state index < -0.39 is 11.1 Å². The lowest BCUT2D eigenvalue weighted by Gasteiger charge is -2.43. The number of guanidine groups is 1. The fourth-order valence-electron chi connectivity index (χ4n) is 4.64. The number of aliphatic imine (C=N–C) groups is 1. The maximum atomic E-state index is 14.4. The molecule has 5 rings (SSSR count). The van der Waals surface area contributed by atoms with Gasteiger partial charge in [-0.3, -0.25) is 9.69 Å². The molecule has 2 atom stereocenters. The van der Waals surface area contributed by atoms with E-state index in [9.17, 15) is 9.18 Å². The quantitative estimate of drug-likeness (QED) is 0.688. The van der Waals surface area contributed by atoms with Crippen molar-refractivity contribution in [3.8, 4) is 16.9 Å².